The molecule has 0 spiro atoms. The molecule has 0 aliphatic heterocycles. The van der Waals surface area contributed by atoms with Gasteiger partial charge in [-0.2, -0.15) is 0 Å². The highest BCUT2D eigenvalue weighted by Gasteiger charge is 2.08. The lowest BCUT2D eigenvalue weighted by Crippen LogP contribution is -2.12. The molecule has 0 amide bonds. The Morgan fingerprint density at radius 1 is 1.11 bits per heavy atom. The second-order valence-electron chi connectivity index (χ2n) is 4.43. The summed E-state index contributed by atoms with van der Waals surface area (Å²) in [5, 5.41) is 14.5. The number of hydrogen-bond acceptors (Lipinski definition) is 2. The van der Waals surface area contributed by atoms with Crippen molar-refractivity contribution >= 4 is 28.9 Å². The molecule has 19 heavy (non-hydrogen) atoms. The minimum absolute atomic E-state index is 0.393. The van der Waals surface area contributed by atoms with Crippen LogP contribution < -0.4 is 5.32 Å². The van der Waals surface area contributed by atoms with Gasteiger partial charge in [-0.15, -0.1) is 0 Å². The van der Waals surface area contributed by atoms with Gasteiger partial charge < -0.3 is 10.4 Å². The van der Waals surface area contributed by atoms with Crippen LogP contribution in [0.4, 0.5) is 5.69 Å². The molecule has 0 aliphatic carbocycles. The summed E-state index contributed by atoms with van der Waals surface area (Å²) in [6.45, 7) is 2.38. The molecule has 2 aromatic rings. The molecule has 0 aromatic heterocycles. The van der Waals surface area contributed by atoms with Crippen LogP contribution in [0.1, 0.15) is 17.2 Å². The molecule has 2 nitrogen and oxygen atoms in total. The maximum Gasteiger partial charge on any atom is 0.0962 e. The van der Waals surface area contributed by atoms with E-state index in [1.807, 2.05) is 37.3 Å². The summed E-state index contributed by atoms with van der Waals surface area (Å²) in [6.07, 6.45) is -0.602. The summed E-state index contributed by atoms with van der Waals surface area (Å²) >= 11 is 11.9. The first-order valence-electron chi connectivity index (χ1n) is 6.00. The van der Waals surface area contributed by atoms with Crippen molar-refractivity contribution in [2.75, 3.05) is 11.9 Å². The van der Waals surface area contributed by atoms with Crippen LogP contribution >= 0.6 is 23.2 Å². The van der Waals surface area contributed by atoms with Crippen molar-refractivity contribution in [3.63, 3.8) is 0 Å². The van der Waals surface area contributed by atoms with E-state index in [4.69, 9.17) is 23.2 Å². The van der Waals surface area contributed by atoms with E-state index in [2.05, 4.69) is 5.32 Å². The molecule has 4 heteroatoms. The molecule has 0 radical (unpaired) electrons. The molecule has 0 saturated heterocycles. The Bertz CT molecular complexity index is 555. The van der Waals surface area contributed by atoms with E-state index >= 15 is 0 Å². The predicted molar refractivity (Wildman–Crippen MR) is 81.1 cm³/mol. The van der Waals surface area contributed by atoms with Gasteiger partial charge in [-0.25, -0.2) is 0 Å². The van der Waals surface area contributed by atoms with E-state index in [0.717, 1.165) is 16.8 Å². The number of aliphatic hydroxyl groups excluding tert-OH is 1. The summed E-state index contributed by atoms with van der Waals surface area (Å²) in [5.74, 6) is 0. The Hall–Kier alpha value is -1.22. The van der Waals surface area contributed by atoms with Crippen LogP contribution in [0, 0.1) is 6.92 Å². The van der Waals surface area contributed by atoms with Crippen LogP contribution in [0.2, 0.25) is 10.0 Å². The van der Waals surface area contributed by atoms with Gasteiger partial charge in [0.25, 0.3) is 0 Å². The minimum Gasteiger partial charge on any atom is -0.387 e. The van der Waals surface area contributed by atoms with Gasteiger partial charge in [-0.05, 0) is 42.3 Å². The van der Waals surface area contributed by atoms with Gasteiger partial charge in [0, 0.05) is 11.6 Å². The zero-order chi connectivity index (χ0) is 13.8. The Morgan fingerprint density at radius 2 is 1.79 bits per heavy atom. The van der Waals surface area contributed by atoms with Crippen LogP contribution in [0.5, 0.6) is 0 Å². The topological polar surface area (TPSA) is 32.3 Å². The van der Waals surface area contributed by atoms with E-state index < -0.39 is 6.10 Å². The Labute approximate surface area is 123 Å². The summed E-state index contributed by atoms with van der Waals surface area (Å²) in [4.78, 5) is 0. The number of aryl methyl sites for hydroxylation is 1. The van der Waals surface area contributed by atoms with E-state index in [9.17, 15) is 5.11 Å². The zero-order valence-corrected chi connectivity index (χ0v) is 12.0. The number of rotatable bonds is 4. The van der Waals surface area contributed by atoms with Gasteiger partial charge in [-0.3, -0.25) is 0 Å². The third kappa shape index (κ3) is 3.87. The van der Waals surface area contributed by atoms with Crippen molar-refractivity contribution in [3.8, 4) is 0 Å². The highest BCUT2D eigenvalue weighted by atomic mass is 35.5. The fourth-order valence-corrected chi connectivity index (χ4v) is 2.20. The first-order valence-corrected chi connectivity index (χ1v) is 6.75. The van der Waals surface area contributed by atoms with Crippen LogP contribution in [0.15, 0.2) is 42.5 Å². The molecule has 0 heterocycles. The summed E-state index contributed by atoms with van der Waals surface area (Å²) in [5.41, 5.74) is 2.74. The van der Waals surface area contributed by atoms with Crippen molar-refractivity contribution in [1.29, 1.82) is 0 Å². The minimum atomic E-state index is -0.602. The van der Waals surface area contributed by atoms with Crippen molar-refractivity contribution in [1.82, 2.24) is 0 Å². The first-order chi connectivity index (χ1) is 9.06. The number of nitrogens with one attached hydrogen (secondary N) is 1. The molecule has 0 saturated carbocycles. The number of anilines is 1. The van der Waals surface area contributed by atoms with Gasteiger partial charge in [0.1, 0.15) is 0 Å². The average Bonchev–Trinajstić information content (AvgIpc) is 2.38. The molecule has 2 rings (SSSR count). The fourth-order valence-electron chi connectivity index (χ4n) is 1.77. The zero-order valence-electron chi connectivity index (χ0n) is 10.5. The van der Waals surface area contributed by atoms with Gasteiger partial charge in [0.15, 0.2) is 0 Å². The van der Waals surface area contributed by atoms with Crippen molar-refractivity contribution < 1.29 is 5.11 Å². The maximum atomic E-state index is 10.1. The van der Waals surface area contributed by atoms with Crippen molar-refractivity contribution in [2.45, 2.75) is 13.0 Å². The lowest BCUT2D eigenvalue weighted by Gasteiger charge is -2.14. The Balaban J connectivity index is 2.00. The molecular weight excluding hydrogens is 281 g/mol. The number of hydrogen-bond donors (Lipinski definition) is 2. The molecule has 1 unspecified atom stereocenters. The predicted octanol–water partition coefficient (Wildman–Crippen LogP) is 4.45. The van der Waals surface area contributed by atoms with E-state index in [0.29, 0.717) is 16.6 Å². The standard InChI is InChI=1S/C15H15Cl2NO/c1-10-2-7-14(13(17)8-10)18-9-15(19)11-3-5-12(16)6-4-11/h2-8,15,18-19H,9H2,1H3. The van der Waals surface area contributed by atoms with Crippen molar-refractivity contribution in [3.05, 3.63) is 63.6 Å². The highest BCUT2D eigenvalue weighted by Crippen LogP contribution is 2.24. The number of benzene rings is 2. The quantitative estimate of drug-likeness (QED) is 0.873. The van der Waals surface area contributed by atoms with E-state index in [1.165, 1.54) is 0 Å². The molecule has 0 bridgehead atoms. The second-order valence-corrected chi connectivity index (χ2v) is 5.28. The lowest BCUT2D eigenvalue weighted by atomic mass is 10.1. The van der Waals surface area contributed by atoms with Gasteiger partial charge in [0.05, 0.1) is 16.8 Å². The highest BCUT2D eigenvalue weighted by molar-refractivity contribution is 6.33. The van der Waals surface area contributed by atoms with Gasteiger partial charge in [0.2, 0.25) is 0 Å². The van der Waals surface area contributed by atoms with E-state index in [1.54, 1.807) is 12.1 Å². The fraction of sp³-hybridized carbons (Fsp3) is 0.200. The normalized spacial score (nSPS) is 12.2. The maximum absolute atomic E-state index is 10.1. The molecule has 2 N–H and O–H groups in total. The number of halogens is 2. The molecular formula is C15H15Cl2NO. The SMILES string of the molecule is Cc1ccc(NCC(O)c2ccc(Cl)cc2)c(Cl)c1. The monoisotopic (exact) mass is 295 g/mol. The summed E-state index contributed by atoms with van der Waals surface area (Å²) < 4.78 is 0. The van der Waals surface area contributed by atoms with Crippen LogP contribution in [-0.2, 0) is 0 Å². The average molecular weight is 296 g/mol. The largest absolute Gasteiger partial charge is 0.387 e. The van der Waals surface area contributed by atoms with Crippen molar-refractivity contribution in [2.24, 2.45) is 0 Å². The summed E-state index contributed by atoms with van der Waals surface area (Å²) in [7, 11) is 0. The Kier molecular flexibility index (Phi) is 4.70. The third-order valence-electron chi connectivity index (χ3n) is 2.87. The van der Waals surface area contributed by atoms with Gasteiger partial charge in [-0.1, -0.05) is 41.4 Å². The van der Waals surface area contributed by atoms with Crippen LogP contribution in [0.25, 0.3) is 0 Å². The number of aliphatic hydroxyl groups is 1. The molecule has 100 valence electrons. The first kappa shape index (κ1) is 14.2. The second kappa shape index (κ2) is 6.29. The van der Waals surface area contributed by atoms with Crippen LogP contribution in [-0.4, -0.2) is 11.7 Å². The Morgan fingerprint density at radius 3 is 2.42 bits per heavy atom. The molecule has 0 aliphatic rings. The van der Waals surface area contributed by atoms with Crippen LogP contribution in [0.3, 0.4) is 0 Å². The molecule has 2 aromatic carbocycles. The molecule has 1 atom stereocenters. The lowest BCUT2D eigenvalue weighted by molar-refractivity contribution is 0.191. The summed E-state index contributed by atoms with van der Waals surface area (Å²) in [6, 6.07) is 12.9. The van der Waals surface area contributed by atoms with E-state index in [-0.39, 0.29) is 0 Å². The molecule has 0 fully saturated rings. The third-order valence-corrected chi connectivity index (χ3v) is 3.43. The smallest absolute Gasteiger partial charge is 0.0962 e. The van der Waals surface area contributed by atoms with Gasteiger partial charge >= 0.3 is 0 Å².